The van der Waals surface area contributed by atoms with E-state index < -0.39 is 0 Å². The molecule has 0 aliphatic rings. The van der Waals surface area contributed by atoms with Crippen molar-refractivity contribution in [3.8, 4) is 11.5 Å². The molecule has 2 aromatic carbocycles. The van der Waals surface area contributed by atoms with Gasteiger partial charge in [0.15, 0.2) is 16.6 Å². The van der Waals surface area contributed by atoms with Gasteiger partial charge in [-0.1, -0.05) is 24.3 Å². The summed E-state index contributed by atoms with van der Waals surface area (Å²) in [5, 5.41) is 6.15. The molecule has 0 atom stereocenters. The predicted molar refractivity (Wildman–Crippen MR) is 121 cm³/mol. The topological polar surface area (TPSA) is 33.7 Å². The van der Waals surface area contributed by atoms with Gasteiger partial charge in [-0.2, -0.15) is 0 Å². The Morgan fingerprint density at radius 2 is 1.82 bits per heavy atom. The van der Waals surface area contributed by atoms with E-state index in [9.17, 15) is 0 Å². The maximum absolute atomic E-state index is 5.75. The number of anilines is 1. The molecule has 0 spiro atoms. The van der Waals surface area contributed by atoms with E-state index in [0.717, 1.165) is 23.5 Å². The molecule has 28 heavy (non-hydrogen) atoms. The van der Waals surface area contributed by atoms with Crippen LogP contribution in [0.5, 0.6) is 11.5 Å². The Hall–Kier alpha value is -2.57. The van der Waals surface area contributed by atoms with Crippen molar-refractivity contribution in [2.45, 2.75) is 20.0 Å². The Labute approximate surface area is 175 Å². The fraction of sp³-hybridized carbons (Fsp3) is 0.227. The first kappa shape index (κ1) is 20.2. The summed E-state index contributed by atoms with van der Waals surface area (Å²) in [5.41, 5.74) is 3.29. The van der Waals surface area contributed by atoms with Gasteiger partial charge >= 0.3 is 0 Å². The first-order valence-electron chi connectivity index (χ1n) is 8.95. The van der Waals surface area contributed by atoms with Gasteiger partial charge in [0, 0.05) is 17.1 Å². The zero-order chi connectivity index (χ0) is 19.9. The molecule has 0 saturated carbocycles. The lowest BCUT2D eigenvalue weighted by atomic mass is 10.2. The van der Waals surface area contributed by atoms with E-state index in [2.05, 4.69) is 46.8 Å². The van der Waals surface area contributed by atoms with Crippen molar-refractivity contribution in [3.05, 3.63) is 76.0 Å². The summed E-state index contributed by atoms with van der Waals surface area (Å²) in [4.78, 5) is 3.42. The first-order valence-corrected chi connectivity index (χ1v) is 10.2. The second-order valence-electron chi connectivity index (χ2n) is 6.42. The standard InChI is InChI=1S/C22H24N2O2S2/c1-16-6-4-7-18(12-16)23-22(27)24(15-19-8-5-11-28-19)14-17-9-10-20(25-2)21(13-17)26-3/h4-13H,14-15H2,1-3H3,(H,23,27). The minimum absolute atomic E-state index is 0.663. The normalized spacial score (nSPS) is 10.4. The number of rotatable bonds is 7. The molecule has 3 aromatic rings. The van der Waals surface area contributed by atoms with Crippen LogP contribution >= 0.6 is 23.6 Å². The van der Waals surface area contributed by atoms with Gasteiger partial charge in [0.2, 0.25) is 0 Å². The van der Waals surface area contributed by atoms with E-state index in [1.165, 1.54) is 10.4 Å². The number of hydrogen-bond acceptors (Lipinski definition) is 4. The lowest BCUT2D eigenvalue weighted by Crippen LogP contribution is -2.33. The van der Waals surface area contributed by atoms with Crippen LogP contribution in [-0.2, 0) is 13.1 Å². The highest BCUT2D eigenvalue weighted by Crippen LogP contribution is 2.28. The Bertz CT molecular complexity index is 926. The first-order chi connectivity index (χ1) is 13.6. The molecule has 4 nitrogen and oxygen atoms in total. The van der Waals surface area contributed by atoms with Crippen LogP contribution < -0.4 is 14.8 Å². The van der Waals surface area contributed by atoms with Crippen LogP contribution in [0, 0.1) is 6.92 Å². The van der Waals surface area contributed by atoms with E-state index in [4.69, 9.17) is 21.7 Å². The fourth-order valence-corrected chi connectivity index (χ4v) is 3.88. The summed E-state index contributed by atoms with van der Waals surface area (Å²) in [6.07, 6.45) is 0. The molecular weight excluding hydrogens is 388 g/mol. The monoisotopic (exact) mass is 412 g/mol. The third-order valence-electron chi connectivity index (χ3n) is 4.30. The number of nitrogens with zero attached hydrogens (tertiary/aromatic N) is 1. The quantitative estimate of drug-likeness (QED) is 0.520. The number of aryl methyl sites for hydroxylation is 1. The van der Waals surface area contributed by atoms with Gasteiger partial charge in [-0.15, -0.1) is 11.3 Å². The second-order valence-corrected chi connectivity index (χ2v) is 7.84. The van der Waals surface area contributed by atoms with Crippen LogP contribution in [0.25, 0.3) is 0 Å². The van der Waals surface area contributed by atoms with Gasteiger partial charge in [0.1, 0.15) is 0 Å². The van der Waals surface area contributed by atoms with E-state index >= 15 is 0 Å². The molecule has 0 radical (unpaired) electrons. The number of thiophene rings is 1. The molecule has 0 saturated heterocycles. The largest absolute Gasteiger partial charge is 0.493 e. The van der Waals surface area contributed by atoms with Crippen molar-refractivity contribution in [1.82, 2.24) is 4.90 Å². The summed E-state index contributed by atoms with van der Waals surface area (Å²) in [7, 11) is 3.29. The van der Waals surface area contributed by atoms with Crippen molar-refractivity contribution >= 4 is 34.4 Å². The highest BCUT2D eigenvalue weighted by Gasteiger charge is 2.14. The highest BCUT2D eigenvalue weighted by molar-refractivity contribution is 7.80. The molecule has 0 aliphatic carbocycles. The Balaban J connectivity index is 1.81. The minimum atomic E-state index is 0.663. The van der Waals surface area contributed by atoms with Gasteiger partial charge in [0.25, 0.3) is 0 Å². The molecule has 0 fully saturated rings. The van der Waals surface area contributed by atoms with Crippen molar-refractivity contribution < 1.29 is 9.47 Å². The van der Waals surface area contributed by atoms with E-state index in [-0.39, 0.29) is 0 Å². The SMILES string of the molecule is COc1ccc(CN(Cc2cccs2)C(=S)Nc2cccc(C)c2)cc1OC. The molecule has 1 N–H and O–H groups in total. The molecule has 0 unspecified atom stereocenters. The van der Waals surface area contributed by atoms with Crippen LogP contribution in [-0.4, -0.2) is 24.2 Å². The lowest BCUT2D eigenvalue weighted by Gasteiger charge is -2.26. The van der Waals surface area contributed by atoms with Crippen molar-refractivity contribution in [2.24, 2.45) is 0 Å². The van der Waals surface area contributed by atoms with Crippen molar-refractivity contribution in [3.63, 3.8) is 0 Å². The smallest absolute Gasteiger partial charge is 0.174 e. The number of nitrogens with one attached hydrogen (secondary N) is 1. The van der Waals surface area contributed by atoms with Crippen molar-refractivity contribution in [1.29, 1.82) is 0 Å². The number of hydrogen-bond donors (Lipinski definition) is 1. The molecule has 3 rings (SSSR count). The number of methoxy groups -OCH3 is 2. The number of benzene rings is 2. The number of ether oxygens (including phenoxy) is 2. The minimum Gasteiger partial charge on any atom is -0.493 e. The molecule has 1 heterocycles. The van der Waals surface area contributed by atoms with Crippen LogP contribution in [0.4, 0.5) is 5.69 Å². The van der Waals surface area contributed by atoms with Gasteiger partial charge in [-0.05, 0) is 66.0 Å². The zero-order valence-corrected chi connectivity index (χ0v) is 17.9. The van der Waals surface area contributed by atoms with Gasteiger partial charge < -0.3 is 19.7 Å². The maximum atomic E-state index is 5.75. The third-order valence-corrected chi connectivity index (χ3v) is 5.53. The van der Waals surface area contributed by atoms with Crippen LogP contribution in [0.3, 0.4) is 0 Å². The van der Waals surface area contributed by atoms with E-state index in [0.29, 0.717) is 17.4 Å². The molecular formula is C22H24N2O2S2. The van der Waals surface area contributed by atoms with Crippen LogP contribution in [0.15, 0.2) is 60.0 Å². The molecule has 0 amide bonds. The third kappa shape index (κ3) is 5.24. The van der Waals surface area contributed by atoms with E-state index in [1.54, 1.807) is 25.6 Å². The summed E-state index contributed by atoms with van der Waals surface area (Å²) in [6, 6.07) is 18.4. The van der Waals surface area contributed by atoms with Gasteiger partial charge in [0.05, 0.1) is 20.8 Å². The number of thiocarbonyl (C=S) groups is 1. The van der Waals surface area contributed by atoms with Crippen LogP contribution in [0.1, 0.15) is 16.0 Å². The Morgan fingerprint density at radius 1 is 1.00 bits per heavy atom. The van der Waals surface area contributed by atoms with Gasteiger partial charge in [-0.25, -0.2) is 0 Å². The summed E-state index contributed by atoms with van der Waals surface area (Å²) in [5.74, 6) is 1.44. The average molecular weight is 413 g/mol. The maximum Gasteiger partial charge on any atom is 0.174 e. The molecule has 0 bridgehead atoms. The Kier molecular flexibility index (Phi) is 6.90. The van der Waals surface area contributed by atoms with Crippen molar-refractivity contribution in [2.75, 3.05) is 19.5 Å². The summed E-state index contributed by atoms with van der Waals surface area (Å²) >= 11 is 7.47. The second kappa shape index (κ2) is 9.57. The lowest BCUT2D eigenvalue weighted by molar-refractivity contribution is 0.353. The zero-order valence-electron chi connectivity index (χ0n) is 16.3. The molecule has 6 heteroatoms. The molecule has 1 aromatic heterocycles. The van der Waals surface area contributed by atoms with E-state index in [1.807, 2.05) is 30.3 Å². The highest BCUT2D eigenvalue weighted by atomic mass is 32.1. The summed E-state index contributed by atoms with van der Waals surface area (Å²) in [6.45, 7) is 3.47. The van der Waals surface area contributed by atoms with Crippen LogP contribution in [0.2, 0.25) is 0 Å². The van der Waals surface area contributed by atoms with Gasteiger partial charge in [-0.3, -0.25) is 0 Å². The molecule has 0 aliphatic heterocycles. The fourth-order valence-electron chi connectivity index (χ4n) is 2.91. The average Bonchev–Trinajstić information content (AvgIpc) is 3.20. The molecule has 146 valence electrons. The Morgan fingerprint density at radius 3 is 2.50 bits per heavy atom. The summed E-state index contributed by atoms with van der Waals surface area (Å²) < 4.78 is 10.8. The predicted octanol–water partition coefficient (Wildman–Crippen LogP) is 5.47.